The van der Waals surface area contributed by atoms with Crippen molar-refractivity contribution in [2.24, 2.45) is 11.8 Å². The van der Waals surface area contributed by atoms with Gasteiger partial charge in [0.25, 0.3) is 5.91 Å². The van der Waals surface area contributed by atoms with Crippen LogP contribution in [0.1, 0.15) is 79.9 Å². The first-order chi connectivity index (χ1) is 18.5. The molecule has 5 unspecified atom stereocenters. The van der Waals surface area contributed by atoms with Crippen LogP contribution in [-0.2, 0) is 11.2 Å². The summed E-state index contributed by atoms with van der Waals surface area (Å²) >= 11 is 0. The van der Waals surface area contributed by atoms with E-state index in [1.165, 1.54) is 25.7 Å². The molecule has 2 aromatic carbocycles. The standard InChI is InChI=1S/C33H47N3O3/c1-22-12-11-17-27(23(22)2)31(38)34-28(18-24-13-7-6-8-14-24)30(37)21-36-20-26-16-10-9-15-25(26)19-29(36)32(39)35-33(3,4)5/h6-8,11-14,17,25-26,28-30,37H,9-10,15-16,18-21H2,1-5H3,(H,34,38)(H,35,39). The number of piperidine rings is 1. The van der Waals surface area contributed by atoms with Gasteiger partial charge in [0, 0.05) is 24.2 Å². The molecule has 2 amide bonds. The van der Waals surface area contributed by atoms with Crippen LogP contribution in [0.3, 0.4) is 0 Å². The number of nitrogens with one attached hydrogen (secondary N) is 2. The third-order valence-corrected chi connectivity index (χ3v) is 8.65. The van der Waals surface area contributed by atoms with E-state index in [1.54, 1.807) is 0 Å². The predicted molar refractivity (Wildman–Crippen MR) is 157 cm³/mol. The maximum absolute atomic E-state index is 13.5. The third-order valence-electron chi connectivity index (χ3n) is 8.65. The molecule has 1 aliphatic heterocycles. The van der Waals surface area contributed by atoms with Gasteiger partial charge < -0.3 is 15.7 Å². The molecule has 0 radical (unpaired) electrons. The molecular weight excluding hydrogens is 486 g/mol. The minimum Gasteiger partial charge on any atom is -0.390 e. The normalized spacial score (nSPS) is 23.4. The van der Waals surface area contributed by atoms with Gasteiger partial charge in [-0.3, -0.25) is 14.5 Å². The number of amides is 2. The fourth-order valence-corrected chi connectivity index (χ4v) is 6.39. The Morgan fingerprint density at radius 1 is 1.00 bits per heavy atom. The molecule has 1 saturated carbocycles. The molecule has 39 heavy (non-hydrogen) atoms. The van der Waals surface area contributed by atoms with Crippen molar-refractivity contribution in [2.45, 2.75) is 96.9 Å². The zero-order chi connectivity index (χ0) is 28.2. The Morgan fingerprint density at radius 2 is 1.69 bits per heavy atom. The van der Waals surface area contributed by atoms with Gasteiger partial charge >= 0.3 is 0 Å². The van der Waals surface area contributed by atoms with Crippen molar-refractivity contribution in [3.05, 3.63) is 70.8 Å². The number of rotatable bonds is 8. The lowest BCUT2D eigenvalue weighted by molar-refractivity contribution is -0.132. The molecule has 0 aromatic heterocycles. The molecule has 0 bridgehead atoms. The highest BCUT2D eigenvalue weighted by atomic mass is 16.3. The highest BCUT2D eigenvalue weighted by Crippen LogP contribution is 2.39. The van der Waals surface area contributed by atoms with Crippen LogP contribution < -0.4 is 10.6 Å². The first kappa shape index (κ1) is 29.3. The van der Waals surface area contributed by atoms with Gasteiger partial charge in [0.2, 0.25) is 5.91 Å². The first-order valence-corrected chi connectivity index (χ1v) is 14.7. The van der Waals surface area contributed by atoms with Crippen LogP contribution in [-0.4, -0.2) is 58.6 Å². The number of β-amino-alcohol motifs (C(OH)–C–C–N with tert-alkyl or cyclic N) is 1. The number of fused-ring (bicyclic) bond motifs is 1. The molecule has 5 atom stereocenters. The quantitative estimate of drug-likeness (QED) is 0.455. The molecule has 2 fully saturated rings. The summed E-state index contributed by atoms with van der Waals surface area (Å²) in [5, 5.41) is 18.0. The number of aryl methyl sites for hydroxylation is 1. The molecule has 2 aromatic rings. The topological polar surface area (TPSA) is 81.7 Å². The second-order valence-electron chi connectivity index (χ2n) is 12.8. The van der Waals surface area contributed by atoms with Gasteiger partial charge in [-0.05, 0) is 88.5 Å². The van der Waals surface area contributed by atoms with E-state index in [1.807, 2.05) is 83.1 Å². The molecule has 3 N–H and O–H groups in total. The summed E-state index contributed by atoms with van der Waals surface area (Å²) in [5.74, 6) is 0.982. The maximum Gasteiger partial charge on any atom is 0.251 e. The summed E-state index contributed by atoms with van der Waals surface area (Å²) in [6, 6.07) is 14.9. The Labute approximate surface area is 234 Å². The van der Waals surface area contributed by atoms with Gasteiger partial charge in [-0.25, -0.2) is 0 Å². The zero-order valence-corrected chi connectivity index (χ0v) is 24.4. The van der Waals surface area contributed by atoms with Crippen LogP contribution in [0.25, 0.3) is 0 Å². The summed E-state index contributed by atoms with van der Waals surface area (Å²) in [4.78, 5) is 29.1. The number of aliphatic hydroxyl groups excluding tert-OH is 1. The molecule has 1 aliphatic carbocycles. The summed E-state index contributed by atoms with van der Waals surface area (Å²) in [7, 11) is 0. The minimum absolute atomic E-state index is 0.0396. The second-order valence-corrected chi connectivity index (χ2v) is 12.8. The lowest BCUT2D eigenvalue weighted by atomic mass is 9.72. The van der Waals surface area contributed by atoms with Gasteiger partial charge in [0.15, 0.2) is 0 Å². The summed E-state index contributed by atoms with van der Waals surface area (Å²) in [5.41, 5.74) is 3.37. The Kier molecular flexibility index (Phi) is 9.50. The number of carbonyl (C=O) groups excluding carboxylic acids is 2. The number of hydrogen-bond donors (Lipinski definition) is 3. The van der Waals surface area contributed by atoms with E-state index in [-0.39, 0.29) is 23.4 Å². The molecular formula is C33H47N3O3. The number of hydrogen-bond acceptors (Lipinski definition) is 4. The lowest BCUT2D eigenvalue weighted by Gasteiger charge is -2.47. The van der Waals surface area contributed by atoms with E-state index >= 15 is 0 Å². The number of likely N-dealkylation sites (tertiary alicyclic amines) is 1. The van der Waals surface area contributed by atoms with Crippen LogP contribution in [0.5, 0.6) is 0 Å². The van der Waals surface area contributed by atoms with Crippen molar-refractivity contribution >= 4 is 11.8 Å². The lowest BCUT2D eigenvalue weighted by Crippen LogP contribution is -2.60. The average Bonchev–Trinajstić information content (AvgIpc) is 2.89. The molecule has 6 nitrogen and oxygen atoms in total. The van der Waals surface area contributed by atoms with Crippen LogP contribution in [0.15, 0.2) is 48.5 Å². The SMILES string of the molecule is Cc1cccc(C(=O)NC(Cc2ccccc2)C(O)CN2CC3CCCCC3CC2C(=O)NC(C)(C)C)c1C. The molecule has 6 heteroatoms. The van der Waals surface area contributed by atoms with Crippen molar-refractivity contribution in [3.63, 3.8) is 0 Å². The van der Waals surface area contributed by atoms with Crippen LogP contribution >= 0.6 is 0 Å². The van der Waals surface area contributed by atoms with Crippen LogP contribution in [0.2, 0.25) is 0 Å². The van der Waals surface area contributed by atoms with E-state index < -0.39 is 12.1 Å². The van der Waals surface area contributed by atoms with Gasteiger partial charge in [-0.1, -0.05) is 61.7 Å². The van der Waals surface area contributed by atoms with Gasteiger partial charge in [0.05, 0.1) is 18.2 Å². The summed E-state index contributed by atoms with van der Waals surface area (Å²) < 4.78 is 0. The van der Waals surface area contributed by atoms with Crippen LogP contribution in [0, 0.1) is 25.7 Å². The van der Waals surface area contributed by atoms with Crippen molar-refractivity contribution < 1.29 is 14.7 Å². The summed E-state index contributed by atoms with van der Waals surface area (Å²) in [6.07, 6.45) is 5.35. The van der Waals surface area contributed by atoms with Gasteiger partial charge in [0.1, 0.15) is 0 Å². The van der Waals surface area contributed by atoms with Crippen molar-refractivity contribution in [3.8, 4) is 0 Å². The number of carbonyl (C=O) groups is 2. The number of aliphatic hydroxyl groups is 1. The van der Waals surface area contributed by atoms with E-state index in [9.17, 15) is 14.7 Å². The summed E-state index contributed by atoms with van der Waals surface area (Å²) in [6.45, 7) is 11.1. The maximum atomic E-state index is 13.5. The third kappa shape index (κ3) is 7.70. The Bertz CT molecular complexity index is 1130. The smallest absolute Gasteiger partial charge is 0.251 e. The van der Waals surface area contributed by atoms with Crippen molar-refractivity contribution in [1.82, 2.24) is 15.5 Å². The Hall–Kier alpha value is -2.70. The molecule has 1 heterocycles. The van der Waals surface area contributed by atoms with E-state index in [4.69, 9.17) is 0 Å². The molecule has 4 rings (SSSR count). The average molecular weight is 534 g/mol. The fraction of sp³-hybridized carbons (Fsp3) is 0.576. The van der Waals surface area contributed by atoms with E-state index in [0.29, 0.717) is 30.4 Å². The fourth-order valence-electron chi connectivity index (χ4n) is 6.39. The molecule has 212 valence electrons. The van der Waals surface area contributed by atoms with Crippen molar-refractivity contribution in [2.75, 3.05) is 13.1 Å². The molecule has 1 saturated heterocycles. The molecule has 2 aliphatic rings. The largest absolute Gasteiger partial charge is 0.390 e. The second kappa shape index (κ2) is 12.6. The first-order valence-electron chi connectivity index (χ1n) is 14.7. The van der Waals surface area contributed by atoms with Gasteiger partial charge in [-0.2, -0.15) is 0 Å². The van der Waals surface area contributed by atoms with Gasteiger partial charge in [-0.15, -0.1) is 0 Å². The number of nitrogens with zero attached hydrogens (tertiary/aromatic N) is 1. The Morgan fingerprint density at radius 3 is 2.38 bits per heavy atom. The monoisotopic (exact) mass is 533 g/mol. The Balaban J connectivity index is 1.56. The number of benzene rings is 2. The zero-order valence-electron chi connectivity index (χ0n) is 24.4. The predicted octanol–water partition coefficient (Wildman–Crippen LogP) is 4.80. The minimum atomic E-state index is -0.829. The molecule has 0 spiro atoms. The van der Waals surface area contributed by atoms with Crippen LogP contribution in [0.4, 0.5) is 0 Å². The highest BCUT2D eigenvalue weighted by Gasteiger charge is 2.41. The highest BCUT2D eigenvalue weighted by molar-refractivity contribution is 5.96. The van der Waals surface area contributed by atoms with Crippen molar-refractivity contribution in [1.29, 1.82) is 0 Å². The van der Waals surface area contributed by atoms with E-state index in [2.05, 4.69) is 15.5 Å². The van der Waals surface area contributed by atoms with E-state index in [0.717, 1.165) is 29.7 Å².